The number of hydrogen-bond acceptors (Lipinski definition) is 8. The Balaban J connectivity index is 4.71. The van der Waals surface area contributed by atoms with Gasteiger partial charge in [-0.25, -0.2) is 19.2 Å². The topological polar surface area (TPSA) is 136 Å². The summed E-state index contributed by atoms with van der Waals surface area (Å²) in [5.74, 6) is 0. The summed E-state index contributed by atoms with van der Waals surface area (Å²) in [5, 5.41) is 5.46. The Kier molecular flexibility index (Phi) is 18.3. The normalized spacial score (nSPS) is 12.2. The van der Waals surface area contributed by atoms with E-state index in [1.54, 1.807) is 9.80 Å². The highest BCUT2D eigenvalue weighted by atomic mass is 16.6. The van der Waals surface area contributed by atoms with Crippen molar-refractivity contribution in [3.63, 3.8) is 0 Å². The SMILES string of the molecule is CC(C)(C)OC(=O)NCCCN(CCCCCCCN(CCCNC(=O)OC(C)(C)C)C(=O)OC(C)(C)C)C(=O)OC(C)(C)C. The molecule has 0 aromatic heterocycles. The Bertz CT molecular complexity index is 826. The highest BCUT2D eigenvalue weighted by molar-refractivity contribution is 5.69. The number of amides is 4. The summed E-state index contributed by atoms with van der Waals surface area (Å²) in [5.41, 5.74) is -2.34. The molecule has 0 atom stereocenters. The molecule has 4 amide bonds. The minimum Gasteiger partial charge on any atom is -0.444 e. The average molecular weight is 645 g/mol. The van der Waals surface area contributed by atoms with E-state index >= 15 is 0 Å². The largest absolute Gasteiger partial charge is 0.444 e. The summed E-state index contributed by atoms with van der Waals surface area (Å²) in [7, 11) is 0. The molecule has 264 valence electrons. The van der Waals surface area contributed by atoms with Gasteiger partial charge in [-0.1, -0.05) is 19.3 Å². The molecule has 0 aliphatic carbocycles. The lowest BCUT2D eigenvalue weighted by molar-refractivity contribution is 0.0236. The Hall–Kier alpha value is -2.92. The molecular formula is C33H64N4O8. The molecule has 0 radical (unpaired) electrons. The molecule has 12 heteroatoms. The molecule has 0 bridgehead atoms. The predicted molar refractivity (Wildman–Crippen MR) is 176 cm³/mol. The van der Waals surface area contributed by atoms with Crippen molar-refractivity contribution in [1.82, 2.24) is 20.4 Å². The monoisotopic (exact) mass is 644 g/mol. The number of ether oxygens (including phenoxy) is 4. The summed E-state index contributed by atoms with van der Waals surface area (Å²) in [6, 6.07) is 0. The van der Waals surface area contributed by atoms with Gasteiger partial charge < -0.3 is 39.4 Å². The third-order valence-corrected chi connectivity index (χ3v) is 5.71. The van der Waals surface area contributed by atoms with E-state index in [4.69, 9.17) is 18.9 Å². The number of carbonyl (C=O) groups is 4. The number of rotatable bonds is 16. The maximum Gasteiger partial charge on any atom is 0.410 e. The number of alkyl carbamates (subject to hydrolysis) is 2. The molecule has 0 heterocycles. The molecule has 0 saturated carbocycles. The number of carbonyl (C=O) groups excluding carboxylic acids is 4. The Morgan fingerprint density at radius 2 is 0.689 bits per heavy atom. The third-order valence-electron chi connectivity index (χ3n) is 5.71. The fourth-order valence-electron chi connectivity index (χ4n) is 3.93. The first-order chi connectivity index (χ1) is 20.5. The number of unbranched alkanes of at least 4 members (excludes halogenated alkanes) is 4. The van der Waals surface area contributed by atoms with Crippen LogP contribution in [0.1, 0.15) is 128 Å². The van der Waals surface area contributed by atoms with Crippen LogP contribution >= 0.6 is 0 Å². The minimum absolute atomic E-state index is 0.367. The van der Waals surface area contributed by atoms with Gasteiger partial charge in [0.05, 0.1) is 0 Å². The molecule has 0 unspecified atom stereocenters. The van der Waals surface area contributed by atoms with Crippen LogP contribution in [0, 0.1) is 0 Å². The number of hydrogen-bond donors (Lipinski definition) is 2. The zero-order valence-corrected chi connectivity index (χ0v) is 30.4. The van der Waals surface area contributed by atoms with E-state index < -0.39 is 34.6 Å². The summed E-state index contributed by atoms with van der Waals surface area (Å²) >= 11 is 0. The standard InChI is InChI=1S/C33H64N4O8/c1-30(2,3)42-26(38)34-20-18-24-36(28(40)44-32(7,8)9)22-16-14-13-15-17-23-37(29(41)45-33(10,11)12)25-19-21-35-27(39)43-31(4,5)6/h13-25H2,1-12H3,(H,34,38)(H,35,39). The number of nitrogens with one attached hydrogen (secondary N) is 2. The molecule has 45 heavy (non-hydrogen) atoms. The van der Waals surface area contributed by atoms with E-state index in [2.05, 4.69) is 10.6 Å². The van der Waals surface area contributed by atoms with Crippen molar-refractivity contribution >= 4 is 24.4 Å². The summed E-state index contributed by atoms with van der Waals surface area (Å²) in [6.07, 6.45) is 3.87. The van der Waals surface area contributed by atoms with E-state index in [-0.39, 0.29) is 12.2 Å². The summed E-state index contributed by atoms with van der Waals surface area (Å²) in [6.45, 7) is 24.7. The van der Waals surface area contributed by atoms with Crippen LogP contribution in [0.25, 0.3) is 0 Å². The second-order valence-electron chi connectivity index (χ2n) is 15.3. The molecule has 2 N–H and O–H groups in total. The van der Waals surface area contributed by atoms with E-state index in [1.165, 1.54) is 0 Å². The average Bonchev–Trinajstić information content (AvgIpc) is 2.81. The van der Waals surface area contributed by atoms with Gasteiger partial charge in [-0.2, -0.15) is 0 Å². The maximum atomic E-state index is 12.8. The summed E-state index contributed by atoms with van der Waals surface area (Å²) < 4.78 is 21.7. The van der Waals surface area contributed by atoms with Crippen LogP contribution in [-0.2, 0) is 18.9 Å². The third kappa shape index (κ3) is 26.0. The molecule has 0 aliphatic heterocycles. The van der Waals surface area contributed by atoms with Crippen LogP contribution in [0.4, 0.5) is 19.2 Å². The lowest BCUT2D eigenvalue weighted by atomic mass is 10.1. The number of nitrogens with zero attached hydrogens (tertiary/aromatic N) is 2. The van der Waals surface area contributed by atoms with Gasteiger partial charge in [0.2, 0.25) is 0 Å². The van der Waals surface area contributed by atoms with Crippen molar-refractivity contribution in [1.29, 1.82) is 0 Å². The van der Waals surface area contributed by atoms with Crippen LogP contribution in [0.3, 0.4) is 0 Å². The Labute approximate surface area is 272 Å². The highest BCUT2D eigenvalue weighted by Gasteiger charge is 2.24. The van der Waals surface area contributed by atoms with Gasteiger partial charge in [0.15, 0.2) is 0 Å². The lowest BCUT2D eigenvalue weighted by Crippen LogP contribution is -2.39. The molecule has 0 spiro atoms. The molecule has 0 aromatic carbocycles. The fraction of sp³-hybridized carbons (Fsp3) is 0.879. The van der Waals surface area contributed by atoms with Gasteiger partial charge >= 0.3 is 24.4 Å². The quantitative estimate of drug-likeness (QED) is 0.133. The van der Waals surface area contributed by atoms with E-state index in [0.29, 0.717) is 52.1 Å². The van der Waals surface area contributed by atoms with E-state index in [0.717, 1.165) is 32.1 Å². The van der Waals surface area contributed by atoms with Gasteiger partial charge in [0, 0.05) is 39.3 Å². The Morgan fingerprint density at radius 3 is 0.978 bits per heavy atom. The van der Waals surface area contributed by atoms with Gasteiger partial charge in [0.25, 0.3) is 0 Å². The van der Waals surface area contributed by atoms with Gasteiger partial charge in [-0.15, -0.1) is 0 Å². The minimum atomic E-state index is -0.601. The van der Waals surface area contributed by atoms with Crippen molar-refractivity contribution in [2.24, 2.45) is 0 Å². The zero-order valence-electron chi connectivity index (χ0n) is 30.4. The smallest absolute Gasteiger partial charge is 0.410 e. The van der Waals surface area contributed by atoms with Crippen molar-refractivity contribution in [2.45, 2.75) is 150 Å². The first kappa shape index (κ1) is 42.1. The van der Waals surface area contributed by atoms with Gasteiger partial charge in [-0.3, -0.25) is 0 Å². The fourth-order valence-corrected chi connectivity index (χ4v) is 3.93. The molecule has 0 rings (SSSR count). The molecule has 0 aromatic rings. The predicted octanol–water partition coefficient (Wildman–Crippen LogP) is 7.24. The molecule has 0 saturated heterocycles. The van der Waals surface area contributed by atoms with Gasteiger partial charge in [0.1, 0.15) is 22.4 Å². The van der Waals surface area contributed by atoms with Crippen LogP contribution in [-0.4, -0.2) is 95.8 Å². The highest BCUT2D eigenvalue weighted by Crippen LogP contribution is 2.14. The van der Waals surface area contributed by atoms with Crippen molar-refractivity contribution in [2.75, 3.05) is 39.3 Å². The summed E-state index contributed by atoms with van der Waals surface area (Å²) in [4.78, 5) is 52.8. The van der Waals surface area contributed by atoms with E-state index in [1.807, 2.05) is 83.1 Å². The van der Waals surface area contributed by atoms with Crippen LogP contribution in [0.5, 0.6) is 0 Å². The lowest BCUT2D eigenvalue weighted by Gasteiger charge is -2.28. The van der Waals surface area contributed by atoms with Crippen LogP contribution in [0.2, 0.25) is 0 Å². The Morgan fingerprint density at radius 1 is 0.422 bits per heavy atom. The van der Waals surface area contributed by atoms with Crippen molar-refractivity contribution in [3.8, 4) is 0 Å². The second kappa shape index (κ2) is 19.6. The van der Waals surface area contributed by atoms with Crippen molar-refractivity contribution < 1.29 is 38.1 Å². The first-order valence-electron chi connectivity index (χ1n) is 16.4. The van der Waals surface area contributed by atoms with E-state index in [9.17, 15) is 19.2 Å². The molecule has 12 nitrogen and oxygen atoms in total. The molecular weight excluding hydrogens is 580 g/mol. The van der Waals surface area contributed by atoms with Crippen molar-refractivity contribution in [3.05, 3.63) is 0 Å². The maximum absolute atomic E-state index is 12.8. The second-order valence-corrected chi connectivity index (χ2v) is 15.3. The molecule has 0 aliphatic rings. The first-order valence-corrected chi connectivity index (χ1v) is 16.4. The van der Waals surface area contributed by atoms with Crippen LogP contribution in [0.15, 0.2) is 0 Å². The van der Waals surface area contributed by atoms with Gasteiger partial charge in [-0.05, 0) is 109 Å². The zero-order chi connectivity index (χ0) is 34.9. The molecule has 0 fully saturated rings. The van der Waals surface area contributed by atoms with Crippen LogP contribution < -0.4 is 10.6 Å².